The van der Waals surface area contributed by atoms with Gasteiger partial charge >= 0.3 is 12.1 Å². The van der Waals surface area contributed by atoms with Crippen LogP contribution in [-0.4, -0.2) is 71.7 Å². The van der Waals surface area contributed by atoms with Crippen LogP contribution in [-0.2, 0) is 14.3 Å². The number of carbonyl (C=O) groups is 2. The Morgan fingerprint density at radius 2 is 1.96 bits per heavy atom. The summed E-state index contributed by atoms with van der Waals surface area (Å²) in [6, 6.07) is -1.58. The van der Waals surface area contributed by atoms with Crippen LogP contribution in [0.15, 0.2) is 12.7 Å². The molecular weight excluding hydrogens is 370 g/mol. The molecule has 6 nitrogen and oxygen atoms in total. The summed E-state index contributed by atoms with van der Waals surface area (Å²) in [5.41, 5.74) is -0.728. The van der Waals surface area contributed by atoms with Crippen LogP contribution in [0.25, 0.3) is 0 Å². The fourth-order valence-electron chi connectivity index (χ4n) is 4.52. The van der Waals surface area contributed by atoms with Crippen LogP contribution in [0, 0.1) is 11.8 Å². The second kappa shape index (κ2) is 7.61. The highest BCUT2D eigenvalue weighted by Gasteiger charge is 2.61. The van der Waals surface area contributed by atoms with Crippen LogP contribution in [0.5, 0.6) is 0 Å². The lowest BCUT2D eigenvalue weighted by Crippen LogP contribution is -2.50. The number of likely N-dealkylation sites (tertiary alicyclic amines) is 2. The minimum Gasteiger partial charge on any atom is -0.461 e. The molecule has 2 heterocycles. The molecule has 2 unspecified atom stereocenters. The second-order valence-electron chi connectivity index (χ2n) is 9.03. The van der Waals surface area contributed by atoms with Crippen molar-refractivity contribution in [2.45, 2.75) is 63.6 Å². The van der Waals surface area contributed by atoms with Crippen molar-refractivity contribution in [3.8, 4) is 0 Å². The molecule has 0 aromatic heterocycles. The van der Waals surface area contributed by atoms with Gasteiger partial charge in [-0.05, 0) is 46.0 Å². The number of carbonyl (C=O) groups excluding carboxylic acids is 2. The SMILES string of the molecule is C=CCOC(=O)C1CCC1CN1CC[C@H]2[C@@H]1C(F)(F)CN2C(=O)OC(C)(C)C. The van der Waals surface area contributed by atoms with Crippen LogP contribution in [0.2, 0.25) is 0 Å². The quantitative estimate of drug-likeness (QED) is 0.524. The summed E-state index contributed by atoms with van der Waals surface area (Å²) in [4.78, 5) is 27.4. The Balaban J connectivity index is 1.64. The summed E-state index contributed by atoms with van der Waals surface area (Å²) < 4.78 is 40.0. The standard InChI is InChI=1S/C20H30F2N2O4/c1-5-10-27-17(25)14-7-6-13(14)11-23-9-8-15-16(23)20(21,22)12-24(15)18(26)28-19(2,3)4/h5,13-16H,1,6-12H2,2-4H3/t13?,14?,15-,16+/m0/s1. The van der Waals surface area contributed by atoms with E-state index in [1.807, 2.05) is 0 Å². The Morgan fingerprint density at radius 3 is 2.54 bits per heavy atom. The summed E-state index contributed by atoms with van der Waals surface area (Å²) in [7, 11) is 0. The van der Waals surface area contributed by atoms with Crippen LogP contribution in [0.3, 0.4) is 0 Å². The molecule has 0 spiro atoms. The van der Waals surface area contributed by atoms with Crippen molar-refractivity contribution in [1.82, 2.24) is 9.80 Å². The van der Waals surface area contributed by atoms with Crippen LogP contribution in [0.1, 0.15) is 40.0 Å². The van der Waals surface area contributed by atoms with E-state index in [9.17, 15) is 18.4 Å². The third-order valence-electron chi connectivity index (χ3n) is 5.84. The Bertz CT molecular complexity index is 634. The molecule has 1 aliphatic carbocycles. The minimum atomic E-state index is -3.00. The van der Waals surface area contributed by atoms with Crippen molar-refractivity contribution in [2.24, 2.45) is 11.8 Å². The van der Waals surface area contributed by atoms with Gasteiger partial charge in [0.25, 0.3) is 5.92 Å². The van der Waals surface area contributed by atoms with Crippen molar-refractivity contribution in [2.75, 3.05) is 26.2 Å². The third-order valence-corrected chi connectivity index (χ3v) is 5.84. The van der Waals surface area contributed by atoms with E-state index in [4.69, 9.17) is 9.47 Å². The number of nitrogens with zero attached hydrogens (tertiary/aromatic N) is 2. The van der Waals surface area contributed by atoms with Gasteiger partial charge in [0.15, 0.2) is 0 Å². The first-order chi connectivity index (χ1) is 13.0. The molecule has 8 heteroatoms. The van der Waals surface area contributed by atoms with E-state index < -0.39 is 36.2 Å². The first-order valence-corrected chi connectivity index (χ1v) is 9.92. The molecule has 1 saturated carbocycles. The maximum Gasteiger partial charge on any atom is 0.410 e. The molecule has 28 heavy (non-hydrogen) atoms. The number of fused-ring (bicyclic) bond motifs is 1. The number of ether oxygens (including phenoxy) is 2. The van der Waals surface area contributed by atoms with Gasteiger partial charge in [-0.3, -0.25) is 14.6 Å². The Labute approximate surface area is 164 Å². The number of hydrogen-bond acceptors (Lipinski definition) is 5. The Hall–Kier alpha value is -1.70. The normalized spacial score (nSPS) is 31.8. The Kier molecular flexibility index (Phi) is 5.71. The van der Waals surface area contributed by atoms with Crippen LogP contribution >= 0.6 is 0 Å². The van der Waals surface area contributed by atoms with Gasteiger partial charge in [-0.1, -0.05) is 12.7 Å². The zero-order valence-corrected chi connectivity index (χ0v) is 16.8. The molecular formula is C20H30F2N2O4. The first kappa shape index (κ1) is 21.0. The lowest BCUT2D eigenvalue weighted by molar-refractivity contribution is -0.154. The van der Waals surface area contributed by atoms with Gasteiger partial charge in [-0.25, -0.2) is 13.6 Å². The molecule has 0 aromatic carbocycles. The first-order valence-electron chi connectivity index (χ1n) is 9.92. The van der Waals surface area contributed by atoms with E-state index in [1.54, 1.807) is 25.7 Å². The number of halogens is 2. The molecule has 158 valence electrons. The number of rotatable bonds is 5. The van der Waals surface area contributed by atoms with E-state index in [0.29, 0.717) is 19.5 Å². The predicted octanol–water partition coefficient (Wildman–Crippen LogP) is 3.07. The van der Waals surface area contributed by atoms with Gasteiger partial charge in [-0.15, -0.1) is 0 Å². The highest BCUT2D eigenvalue weighted by Crippen LogP contribution is 2.44. The fraction of sp³-hybridized carbons (Fsp3) is 0.800. The zero-order valence-electron chi connectivity index (χ0n) is 16.8. The average Bonchev–Trinajstić information content (AvgIpc) is 3.08. The maximum atomic E-state index is 14.8. The molecule has 0 aromatic rings. The molecule has 2 saturated heterocycles. The highest BCUT2D eigenvalue weighted by molar-refractivity contribution is 5.74. The molecule has 0 radical (unpaired) electrons. The molecule has 1 amide bonds. The van der Waals surface area contributed by atoms with E-state index in [2.05, 4.69) is 6.58 Å². The molecule has 2 aliphatic heterocycles. The molecule has 3 rings (SSSR count). The molecule has 3 fully saturated rings. The lowest BCUT2D eigenvalue weighted by atomic mass is 9.73. The number of amides is 1. The summed E-state index contributed by atoms with van der Waals surface area (Å²) in [6.07, 6.45) is 2.86. The summed E-state index contributed by atoms with van der Waals surface area (Å²) in [6.45, 7) is 9.14. The number of hydrogen-bond donors (Lipinski definition) is 0. The van der Waals surface area contributed by atoms with E-state index >= 15 is 0 Å². The van der Waals surface area contributed by atoms with Crippen molar-refractivity contribution in [3.05, 3.63) is 12.7 Å². The van der Waals surface area contributed by atoms with Gasteiger partial charge in [0.2, 0.25) is 0 Å². The minimum absolute atomic E-state index is 0.0161. The van der Waals surface area contributed by atoms with E-state index in [1.165, 1.54) is 11.0 Å². The van der Waals surface area contributed by atoms with Crippen molar-refractivity contribution in [3.63, 3.8) is 0 Å². The van der Waals surface area contributed by atoms with E-state index in [0.717, 1.165) is 12.8 Å². The average molecular weight is 400 g/mol. The largest absolute Gasteiger partial charge is 0.461 e. The maximum absolute atomic E-state index is 14.8. The van der Waals surface area contributed by atoms with Gasteiger partial charge in [0, 0.05) is 13.1 Å². The number of alkyl halides is 2. The van der Waals surface area contributed by atoms with E-state index in [-0.39, 0.29) is 24.4 Å². The Morgan fingerprint density at radius 1 is 1.25 bits per heavy atom. The van der Waals surface area contributed by atoms with Gasteiger partial charge in [0.1, 0.15) is 12.2 Å². The van der Waals surface area contributed by atoms with Crippen molar-refractivity contribution < 1.29 is 27.8 Å². The van der Waals surface area contributed by atoms with Gasteiger partial charge in [0.05, 0.1) is 24.5 Å². The molecule has 3 aliphatic rings. The topological polar surface area (TPSA) is 59.1 Å². The van der Waals surface area contributed by atoms with Gasteiger partial charge < -0.3 is 9.47 Å². The lowest BCUT2D eigenvalue weighted by Gasteiger charge is -2.39. The van der Waals surface area contributed by atoms with Crippen LogP contribution in [0.4, 0.5) is 13.6 Å². The van der Waals surface area contributed by atoms with Crippen LogP contribution < -0.4 is 0 Å². The highest BCUT2D eigenvalue weighted by atomic mass is 19.3. The predicted molar refractivity (Wildman–Crippen MR) is 99.0 cm³/mol. The molecule has 4 atom stereocenters. The second-order valence-corrected chi connectivity index (χ2v) is 9.03. The number of esters is 1. The van der Waals surface area contributed by atoms with Crippen molar-refractivity contribution in [1.29, 1.82) is 0 Å². The smallest absolute Gasteiger partial charge is 0.410 e. The van der Waals surface area contributed by atoms with Crippen molar-refractivity contribution >= 4 is 12.1 Å². The monoisotopic (exact) mass is 400 g/mol. The van der Waals surface area contributed by atoms with Gasteiger partial charge in [-0.2, -0.15) is 0 Å². The third kappa shape index (κ3) is 4.16. The molecule has 0 bridgehead atoms. The zero-order chi connectivity index (χ0) is 20.7. The summed E-state index contributed by atoms with van der Waals surface area (Å²) >= 11 is 0. The molecule has 0 N–H and O–H groups in total. The summed E-state index contributed by atoms with van der Waals surface area (Å²) in [5.74, 6) is -3.50. The fourth-order valence-corrected chi connectivity index (χ4v) is 4.52. The summed E-state index contributed by atoms with van der Waals surface area (Å²) in [5, 5.41) is 0.